The molecule has 0 radical (unpaired) electrons. The maximum atomic E-state index is 3.20. The van der Waals surface area contributed by atoms with Crippen molar-refractivity contribution in [2.45, 2.75) is 6.42 Å². The first-order valence-electron chi connectivity index (χ1n) is 6.43. The summed E-state index contributed by atoms with van der Waals surface area (Å²) in [7, 11) is 0. The molecule has 0 fully saturated rings. The molecule has 0 saturated heterocycles. The Morgan fingerprint density at radius 3 is 2.05 bits per heavy atom. The zero-order valence-electron chi connectivity index (χ0n) is 10.6. The van der Waals surface area contributed by atoms with Crippen LogP contribution in [0.3, 0.4) is 0 Å². The van der Waals surface area contributed by atoms with Crippen LogP contribution in [0.15, 0.2) is 72.8 Å². The van der Waals surface area contributed by atoms with E-state index in [2.05, 4.69) is 66.4 Å². The van der Waals surface area contributed by atoms with Gasteiger partial charge in [0.25, 0.3) is 0 Å². The van der Waals surface area contributed by atoms with Gasteiger partial charge in [-0.15, -0.1) is 0 Å². The fraction of sp³-hybridized carbons (Fsp3) is 0.0526. The fourth-order valence-corrected chi connectivity index (χ4v) is 2.19. The van der Waals surface area contributed by atoms with E-state index in [1.807, 2.05) is 18.2 Å². The van der Waals surface area contributed by atoms with Crippen molar-refractivity contribution < 1.29 is 0 Å². The lowest BCUT2D eigenvalue weighted by atomic mass is 9.98. The predicted octanol–water partition coefficient (Wildman–Crippen LogP) is 4.56. The first-order valence-corrected chi connectivity index (χ1v) is 6.43. The summed E-state index contributed by atoms with van der Waals surface area (Å²) >= 11 is 0. The molecule has 0 amide bonds. The minimum absolute atomic E-state index is 0.802. The fourth-order valence-electron chi connectivity index (χ4n) is 2.19. The molecular formula is C19H14. The van der Waals surface area contributed by atoms with E-state index in [1.165, 1.54) is 22.3 Å². The minimum Gasteiger partial charge on any atom is -0.0937 e. The van der Waals surface area contributed by atoms with Gasteiger partial charge in [0.2, 0.25) is 0 Å². The first-order chi connectivity index (χ1) is 9.43. The molecule has 0 N–H and O–H groups in total. The lowest BCUT2D eigenvalue weighted by molar-refractivity contribution is 1.45. The van der Waals surface area contributed by atoms with Gasteiger partial charge in [0, 0.05) is 6.42 Å². The molecule has 0 aromatic heterocycles. The van der Waals surface area contributed by atoms with E-state index >= 15 is 0 Å². The molecule has 19 heavy (non-hydrogen) atoms. The highest BCUT2D eigenvalue weighted by Crippen LogP contribution is 2.25. The summed E-state index contributed by atoms with van der Waals surface area (Å²) in [6, 6.07) is 20.9. The van der Waals surface area contributed by atoms with Crippen LogP contribution in [-0.4, -0.2) is 0 Å². The molecule has 0 unspecified atom stereocenters. The Labute approximate surface area is 114 Å². The molecule has 1 aliphatic rings. The first kappa shape index (κ1) is 11.6. The average Bonchev–Trinajstić information content (AvgIpc) is 2.75. The smallest absolute Gasteiger partial charge is 0.0350 e. The Morgan fingerprint density at radius 1 is 0.737 bits per heavy atom. The maximum Gasteiger partial charge on any atom is 0.0350 e. The number of allylic oxidation sites excluding steroid dienone is 4. The number of rotatable bonds is 2. The summed E-state index contributed by atoms with van der Waals surface area (Å²) in [6.45, 7) is 0. The van der Waals surface area contributed by atoms with Crippen molar-refractivity contribution in [3.05, 3.63) is 83.9 Å². The Bertz CT molecular complexity index is 677. The van der Waals surface area contributed by atoms with Crippen molar-refractivity contribution >= 4 is 11.1 Å². The normalized spacial score (nSPS) is 13.7. The summed E-state index contributed by atoms with van der Waals surface area (Å²) in [5.41, 5.74) is 4.93. The molecule has 0 heteroatoms. The van der Waals surface area contributed by atoms with Gasteiger partial charge in [-0.05, 0) is 34.4 Å². The lowest BCUT2D eigenvalue weighted by Gasteiger charge is -2.06. The molecule has 1 aliphatic carbocycles. The molecule has 90 valence electrons. The summed E-state index contributed by atoms with van der Waals surface area (Å²) in [6.07, 6.45) is 5.04. The van der Waals surface area contributed by atoms with Crippen molar-refractivity contribution in [2.24, 2.45) is 0 Å². The monoisotopic (exact) mass is 242 g/mol. The van der Waals surface area contributed by atoms with Gasteiger partial charge in [0.05, 0.1) is 0 Å². The average molecular weight is 242 g/mol. The number of benzene rings is 2. The van der Waals surface area contributed by atoms with Crippen LogP contribution in [0.5, 0.6) is 0 Å². The van der Waals surface area contributed by atoms with Crippen molar-refractivity contribution in [1.82, 2.24) is 0 Å². The molecule has 0 nitrogen and oxygen atoms in total. The molecule has 2 aromatic rings. The van der Waals surface area contributed by atoms with Crippen LogP contribution in [0, 0.1) is 11.8 Å². The van der Waals surface area contributed by atoms with Crippen LogP contribution in [-0.2, 0) is 0 Å². The van der Waals surface area contributed by atoms with Crippen LogP contribution in [0.4, 0.5) is 0 Å². The second kappa shape index (κ2) is 5.42. The van der Waals surface area contributed by atoms with Crippen molar-refractivity contribution in [2.75, 3.05) is 0 Å². The van der Waals surface area contributed by atoms with Gasteiger partial charge >= 0.3 is 0 Å². The van der Waals surface area contributed by atoms with E-state index in [0.717, 1.165) is 6.42 Å². The second-order valence-electron chi connectivity index (χ2n) is 4.50. The van der Waals surface area contributed by atoms with Crippen LogP contribution in [0.2, 0.25) is 0 Å². The molecule has 0 saturated carbocycles. The largest absolute Gasteiger partial charge is 0.0937 e. The SMILES string of the molecule is C1#CCC(c2ccccc2)=CC(c2ccccc2)=C1. The highest BCUT2D eigenvalue weighted by Gasteiger charge is 2.05. The van der Waals surface area contributed by atoms with Crippen molar-refractivity contribution in [3.63, 3.8) is 0 Å². The van der Waals surface area contributed by atoms with Gasteiger partial charge in [-0.1, -0.05) is 72.5 Å². The Morgan fingerprint density at radius 2 is 1.37 bits per heavy atom. The Balaban J connectivity index is 2.03. The van der Waals surface area contributed by atoms with E-state index in [-0.39, 0.29) is 0 Å². The lowest BCUT2D eigenvalue weighted by Crippen LogP contribution is -1.85. The van der Waals surface area contributed by atoms with Crippen LogP contribution < -0.4 is 0 Å². The predicted molar refractivity (Wildman–Crippen MR) is 81.2 cm³/mol. The van der Waals surface area contributed by atoms with Crippen LogP contribution >= 0.6 is 0 Å². The quantitative estimate of drug-likeness (QED) is 0.677. The van der Waals surface area contributed by atoms with Gasteiger partial charge in [-0.3, -0.25) is 0 Å². The summed E-state index contributed by atoms with van der Waals surface area (Å²) in [4.78, 5) is 0. The molecule has 3 rings (SSSR count). The zero-order chi connectivity index (χ0) is 12.9. The van der Waals surface area contributed by atoms with Gasteiger partial charge < -0.3 is 0 Å². The molecule has 0 atom stereocenters. The van der Waals surface area contributed by atoms with E-state index in [1.54, 1.807) is 0 Å². The van der Waals surface area contributed by atoms with E-state index in [4.69, 9.17) is 0 Å². The van der Waals surface area contributed by atoms with Crippen LogP contribution in [0.25, 0.3) is 11.1 Å². The van der Waals surface area contributed by atoms with E-state index in [9.17, 15) is 0 Å². The molecule has 0 aliphatic heterocycles. The molecule has 0 spiro atoms. The van der Waals surface area contributed by atoms with Gasteiger partial charge in [0.1, 0.15) is 0 Å². The van der Waals surface area contributed by atoms with Crippen molar-refractivity contribution in [1.29, 1.82) is 0 Å². The molecule has 0 bridgehead atoms. The molecule has 2 aromatic carbocycles. The third-order valence-corrected chi connectivity index (χ3v) is 3.19. The van der Waals surface area contributed by atoms with Gasteiger partial charge in [-0.25, -0.2) is 0 Å². The molecular weight excluding hydrogens is 228 g/mol. The highest BCUT2D eigenvalue weighted by molar-refractivity contribution is 5.86. The summed E-state index contributed by atoms with van der Waals surface area (Å²) < 4.78 is 0. The van der Waals surface area contributed by atoms with Crippen LogP contribution in [0.1, 0.15) is 17.5 Å². The highest BCUT2D eigenvalue weighted by atomic mass is 14.1. The summed E-state index contributed by atoms with van der Waals surface area (Å²) in [5.74, 6) is 6.33. The van der Waals surface area contributed by atoms with Gasteiger partial charge in [0.15, 0.2) is 0 Å². The topological polar surface area (TPSA) is 0 Å². The Hall–Kier alpha value is -2.52. The summed E-state index contributed by atoms with van der Waals surface area (Å²) in [5, 5.41) is 0. The Kier molecular flexibility index (Phi) is 3.30. The van der Waals surface area contributed by atoms with Crippen molar-refractivity contribution in [3.8, 4) is 11.8 Å². The van der Waals surface area contributed by atoms with E-state index < -0.39 is 0 Å². The molecule has 0 heterocycles. The second-order valence-corrected chi connectivity index (χ2v) is 4.50. The number of hydrogen-bond acceptors (Lipinski definition) is 0. The third-order valence-electron chi connectivity index (χ3n) is 3.19. The van der Waals surface area contributed by atoms with E-state index in [0.29, 0.717) is 0 Å². The standard InChI is InChI=1S/C19H14/c1-3-9-16(10-4-1)18-13-7-8-14-19(15-18)17-11-5-2-6-12-17/h1-6,9-13,15H,14H2. The minimum atomic E-state index is 0.802. The van der Waals surface area contributed by atoms with Gasteiger partial charge in [-0.2, -0.15) is 0 Å². The number of hydrogen-bond donors (Lipinski definition) is 0. The maximum absolute atomic E-state index is 3.20. The zero-order valence-corrected chi connectivity index (χ0v) is 10.6. The third kappa shape index (κ3) is 2.67.